The number of halogens is 1. The highest BCUT2D eigenvalue weighted by Gasteiger charge is 2.14. The van der Waals surface area contributed by atoms with E-state index in [1.54, 1.807) is 22.9 Å². The summed E-state index contributed by atoms with van der Waals surface area (Å²) in [6.45, 7) is 0. The molecule has 0 atom stereocenters. The molecule has 0 bridgehead atoms. The van der Waals surface area contributed by atoms with E-state index in [4.69, 9.17) is 0 Å². The van der Waals surface area contributed by atoms with Crippen LogP contribution >= 0.6 is 0 Å². The van der Waals surface area contributed by atoms with Crippen LogP contribution in [0.4, 0.5) is 4.39 Å². The molecule has 19 heavy (non-hydrogen) atoms. The standard InChI is InChI=1S/C14H10FN3O/c1-18-6-10(7-19)12-13(16-8-17-14(12)18)9-2-4-11(15)5-3-9/h2-8H,1H3. The van der Waals surface area contributed by atoms with Crippen LogP contribution in [-0.4, -0.2) is 20.8 Å². The molecule has 1 aromatic carbocycles. The second-order valence-corrected chi connectivity index (χ2v) is 4.24. The molecule has 0 radical (unpaired) electrons. The lowest BCUT2D eigenvalue weighted by Gasteiger charge is -2.03. The highest BCUT2D eigenvalue weighted by molar-refractivity contribution is 6.03. The molecule has 0 aliphatic heterocycles. The Labute approximate surface area is 108 Å². The summed E-state index contributed by atoms with van der Waals surface area (Å²) >= 11 is 0. The Morgan fingerprint density at radius 2 is 1.95 bits per heavy atom. The van der Waals surface area contributed by atoms with Crippen molar-refractivity contribution in [1.29, 1.82) is 0 Å². The van der Waals surface area contributed by atoms with Gasteiger partial charge in [-0.05, 0) is 24.3 Å². The number of carbonyl (C=O) groups is 1. The molecule has 0 unspecified atom stereocenters. The number of aromatic nitrogens is 3. The topological polar surface area (TPSA) is 47.8 Å². The van der Waals surface area contributed by atoms with Crippen molar-refractivity contribution in [1.82, 2.24) is 14.5 Å². The van der Waals surface area contributed by atoms with Gasteiger partial charge in [-0.2, -0.15) is 0 Å². The molecule has 0 aliphatic carbocycles. The van der Waals surface area contributed by atoms with Crippen LogP contribution in [0.3, 0.4) is 0 Å². The van der Waals surface area contributed by atoms with Gasteiger partial charge in [0.15, 0.2) is 6.29 Å². The van der Waals surface area contributed by atoms with Crippen molar-refractivity contribution < 1.29 is 9.18 Å². The molecular formula is C14H10FN3O. The van der Waals surface area contributed by atoms with Gasteiger partial charge in [0.05, 0.1) is 11.1 Å². The molecule has 0 amide bonds. The fourth-order valence-corrected chi connectivity index (χ4v) is 2.16. The van der Waals surface area contributed by atoms with Crippen LogP contribution in [0, 0.1) is 5.82 Å². The normalized spacial score (nSPS) is 10.8. The zero-order valence-electron chi connectivity index (χ0n) is 10.2. The molecule has 2 aromatic heterocycles. The van der Waals surface area contributed by atoms with Gasteiger partial charge < -0.3 is 4.57 Å². The predicted octanol–water partition coefficient (Wildman–Crippen LogP) is 2.59. The largest absolute Gasteiger partial charge is 0.335 e. The fraction of sp³-hybridized carbons (Fsp3) is 0.0714. The second kappa shape index (κ2) is 4.28. The van der Waals surface area contributed by atoms with Crippen LogP contribution in [0.2, 0.25) is 0 Å². The summed E-state index contributed by atoms with van der Waals surface area (Å²) in [5.74, 6) is -0.308. The highest BCUT2D eigenvalue weighted by atomic mass is 19.1. The van der Waals surface area contributed by atoms with Crippen molar-refractivity contribution in [3.63, 3.8) is 0 Å². The number of rotatable bonds is 2. The molecule has 2 heterocycles. The summed E-state index contributed by atoms with van der Waals surface area (Å²) in [6, 6.07) is 6.01. The van der Waals surface area contributed by atoms with E-state index >= 15 is 0 Å². The molecule has 0 spiro atoms. The molecule has 0 saturated carbocycles. The van der Waals surface area contributed by atoms with Crippen LogP contribution in [0.5, 0.6) is 0 Å². The SMILES string of the molecule is Cn1cc(C=O)c2c(-c3ccc(F)cc3)ncnc21. The Hall–Kier alpha value is -2.56. The smallest absolute Gasteiger partial charge is 0.152 e. The number of hydrogen-bond donors (Lipinski definition) is 0. The van der Waals surface area contributed by atoms with Crippen molar-refractivity contribution in [2.75, 3.05) is 0 Å². The molecule has 0 N–H and O–H groups in total. The van der Waals surface area contributed by atoms with E-state index in [0.29, 0.717) is 22.3 Å². The predicted molar refractivity (Wildman–Crippen MR) is 69.3 cm³/mol. The van der Waals surface area contributed by atoms with Crippen molar-refractivity contribution in [2.24, 2.45) is 7.05 Å². The van der Waals surface area contributed by atoms with E-state index in [1.165, 1.54) is 18.5 Å². The molecule has 0 aliphatic rings. The van der Waals surface area contributed by atoms with Crippen molar-refractivity contribution in [2.45, 2.75) is 0 Å². The third-order valence-corrected chi connectivity index (χ3v) is 3.03. The van der Waals surface area contributed by atoms with Gasteiger partial charge in [-0.15, -0.1) is 0 Å². The Morgan fingerprint density at radius 1 is 1.21 bits per heavy atom. The molecule has 0 saturated heterocycles. The number of fused-ring (bicyclic) bond motifs is 1. The lowest BCUT2D eigenvalue weighted by atomic mass is 10.1. The average Bonchev–Trinajstić information content (AvgIpc) is 2.77. The fourth-order valence-electron chi connectivity index (χ4n) is 2.16. The number of hydrogen-bond acceptors (Lipinski definition) is 3. The zero-order chi connectivity index (χ0) is 13.4. The Kier molecular flexibility index (Phi) is 2.59. The maximum Gasteiger partial charge on any atom is 0.152 e. The summed E-state index contributed by atoms with van der Waals surface area (Å²) in [4.78, 5) is 19.5. The number of nitrogens with zero attached hydrogens (tertiary/aromatic N) is 3. The van der Waals surface area contributed by atoms with Gasteiger partial charge in [0.2, 0.25) is 0 Å². The monoisotopic (exact) mass is 255 g/mol. The van der Waals surface area contributed by atoms with Gasteiger partial charge in [0, 0.05) is 24.4 Å². The molecule has 5 heteroatoms. The number of benzene rings is 1. The summed E-state index contributed by atoms with van der Waals surface area (Å²) in [6.07, 6.45) is 3.92. The van der Waals surface area contributed by atoms with E-state index in [0.717, 1.165) is 11.8 Å². The summed E-state index contributed by atoms with van der Waals surface area (Å²) < 4.78 is 14.7. The van der Waals surface area contributed by atoms with Gasteiger partial charge in [-0.25, -0.2) is 14.4 Å². The molecule has 3 rings (SSSR count). The molecule has 94 valence electrons. The van der Waals surface area contributed by atoms with Crippen molar-refractivity contribution in [3.8, 4) is 11.3 Å². The summed E-state index contributed by atoms with van der Waals surface area (Å²) in [7, 11) is 1.82. The van der Waals surface area contributed by atoms with E-state index in [1.807, 2.05) is 7.05 Å². The Morgan fingerprint density at radius 3 is 2.63 bits per heavy atom. The highest BCUT2D eigenvalue weighted by Crippen LogP contribution is 2.28. The van der Waals surface area contributed by atoms with Gasteiger partial charge >= 0.3 is 0 Å². The molecular weight excluding hydrogens is 245 g/mol. The minimum Gasteiger partial charge on any atom is -0.335 e. The summed E-state index contributed by atoms with van der Waals surface area (Å²) in [5.41, 5.74) is 2.59. The minimum absolute atomic E-state index is 0.308. The molecule has 4 nitrogen and oxygen atoms in total. The maximum atomic E-state index is 13.0. The first kappa shape index (κ1) is 11.5. The number of aryl methyl sites for hydroxylation is 1. The molecule has 0 fully saturated rings. The van der Waals surface area contributed by atoms with Crippen LogP contribution in [0.15, 0.2) is 36.8 Å². The summed E-state index contributed by atoms with van der Waals surface area (Å²) in [5, 5.41) is 0.687. The van der Waals surface area contributed by atoms with Gasteiger partial charge in [-0.3, -0.25) is 4.79 Å². The van der Waals surface area contributed by atoms with E-state index in [-0.39, 0.29) is 5.82 Å². The zero-order valence-corrected chi connectivity index (χ0v) is 10.2. The van der Waals surface area contributed by atoms with Gasteiger partial charge in [0.25, 0.3) is 0 Å². The van der Waals surface area contributed by atoms with E-state index < -0.39 is 0 Å². The van der Waals surface area contributed by atoms with E-state index in [2.05, 4.69) is 9.97 Å². The van der Waals surface area contributed by atoms with E-state index in [9.17, 15) is 9.18 Å². The first-order valence-electron chi connectivity index (χ1n) is 5.72. The van der Waals surface area contributed by atoms with Crippen LogP contribution in [-0.2, 0) is 7.05 Å². The third kappa shape index (κ3) is 1.79. The average molecular weight is 255 g/mol. The van der Waals surface area contributed by atoms with Crippen LogP contribution in [0.1, 0.15) is 10.4 Å². The first-order valence-corrected chi connectivity index (χ1v) is 5.72. The minimum atomic E-state index is -0.308. The number of carbonyl (C=O) groups excluding carboxylic acids is 1. The van der Waals surface area contributed by atoms with Crippen LogP contribution < -0.4 is 0 Å². The van der Waals surface area contributed by atoms with Gasteiger partial charge in [-0.1, -0.05) is 0 Å². The number of aldehydes is 1. The Balaban J connectivity index is 2.34. The quantitative estimate of drug-likeness (QED) is 0.661. The van der Waals surface area contributed by atoms with Crippen LogP contribution in [0.25, 0.3) is 22.3 Å². The Bertz CT molecular complexity index is 762. The lowest BCUT2D eigenvalue weighted by Crippen LogP contribution is -1.92. The molecule has 3 aromatic rings. The first-order chi connectivity index (χ1) is 9.20. The lowest BCUT2D eigenvalue weighted by molar-refractivity contribution is 0.112. The van der Waals surface area contributed by atoms with Crippen molar-refractivity contribution >= 4 is 17.3 Å². The van der Waals surface area contributed by atoms with Gasteiger partial charge in [0.1, 0.15) is 17.8 Å². The third-order valence-electron chi connectivity index (χ3n) is 3.03. The van der Waals surface area contributed by atoms with Crippen molar-refractivity contribution in [3.05, 3.63) is 48.2 Å². The second-order valence-electron chi connectivity index (χ2n) is 4.24. The maximum absolute atomic E-state index is 13.0.